The Labute approximate surface area is 165 Å². The molecule has 0 spiro atoms. The van der Waals surface area contributed by atoms with Gasteiger partial charge in [-0.05, 0) is 18.2 Å². The van der Waals surface area contributed by atoms with E-state index >= 15 is 0 Å². The second-order valence-corrected chi connectivity index (χ2v) is 6.14. The maximum atomic E-state index is 4.58. The van der Waals surface area contributed by atoms with Crippen LogP contribution in [0.1, 0.15) is 0 Å². The number of benzene rings is 3. The number of imidazole rings is 1. The maximum Gasteiger partial charge on any atom is 0.0602 e. The van der Waals surface area contributed by atoms with Crippen LogP contribution < -0.4 is 0 Å². The fourth-order valence-corrected chi connectivity index (χ4v) is 3.62. The normalized spacial score (nSPS) is 11.0. The molecule has 0 saturated heterocycles. The van der Waals surface area contributed by atoms with Crippen molar-refractivity contribution in [3.8, 4) is 17.1 Å². The molecule has 0 aliphatic carbocycles. The summed E-state index contributed by atoms with van der Waals surface area (Å²) in [5.41, 5.74) is 4.58. The molecule has 0 N–H and O–H groups in total. The standard InChI is InChI=1S/C22H16N3.Ir/c1-24-18-11-6-5-10-17(18)21-19(24)12-7-13-20(21)25-15-14-23-22(25)16-8-3-2-4-9-16;/h2-8,10-15H,1H3;/q-1;. The van der Waals surface area contributed by atoms with Gasteiger partial charge in [0.25, 0.3) is 0 Å². The van der Waals surface area contributed by atoms with Gasteiger partial charge in [-0.15, -0.1) is 35.9 Å². The number of rotatable bonds is 2. The molecule has 0 unspecified atom stereocenters. The molecule has 0 bridgehead atoms. The Bertz CT molecular complexity index is 1200. The topological polar surface area (TPSA) is 22.8 Å². The summed E-state index contributed by atoms with van der Waals surface area (Å²) in [6, 6.07) is 26.2. The van der Waals surface area contributed by atoms with Gasteiger partial charge in [0, 0.05) is 61.5 Å². The second kappa shape index (κ2) is 6.56. The van der Waals surface area contributed by atoms with Crippen molar-refractivity contribution in [2.75, 3.05) is 0 Å². The van der Waals surface area contributed by atoms with Crippen molar-refractivity contribution in [2.24, 2.45) is 7.05 Å². The van der Waals surface area contributed by atoms with Crippen molar-refractivity contribution < 1.29 is 20.1 Å². The third kappa shape index (κ3) is 2.42. The van der Waals surface area contributed by atoms with Gasteiger partial charge < -0.3 is 9.13 Å². The van der Waals surface area contributed by atoms with Crippen LogP contribution in [0.25, 0.3) is 38.9 Å². The molecule has 3 aromatic carbocycles. The van der Waals surface area contributed by atoms with Gasteiger partial charge in [0.15, 0.2) is 0 Å². The third-order valence-corrected chi connectivity index (χ3v) is 4.77. The zero-order valence-corrected chi connectivity index (χ0v) is 16.6. The van der Waals surface area contributed by atoms with E-state index < -0.39 is 0 Å². The maximum absolute atomic E-state index is 4.58. The Morgan fingerprint density at radius 1 is 0.885 bits per heavy atom. The van der Waals surface area contributed by atoms with E-state index in [4.69, 9.17) is 0 Å². The first-order valence-electron chi connectivity index (χ1n) is 8.31. The smallest absolute Gasteiger partial charge is 0.0602 e. The molecule has 2 aromatic heterocycles. The van der Waals surface area contributed by atoms with Gasteiger partial charge in [0.1, 0.15) is 0 Å². The molecular weight excluding hydrogens is 498 g/mol. The first-order chi connectivity index (χ1) is 12.3. The van der Waals surface area contributed by atoms with Gasteiger partial charge in [-0.1, -0.05) is 24.3 Å². The van der Waals surface area contributed by atoms with Crippen LogP contribution in [0.2, 0.25) is 0 Å². The minimum absolute atomic E-state index is 0. The van der Waals surface area contributed by atoms with E-state index in [1.54, 1.807) is 0 Å². The number of aromatic nitrogens is 3. The second-order valence-electron chi connectivity index (χ2n) is 6.14. The zero-order chi connectivity index (χ0) is 16.8. The summed E-state index contributed by atoms with van der Waals surface area (Å²) < 4.78 is 4.40. The van der Waals surface area contributed by atoms with Crippen molar-refractivity contribution in [3.05, 3.63) is 85.2 Å². The minimum atomic E-state index is 0. The Kier molecular flexibility index (Phi) is 4.23. The Morgan fingerprint density at radius 3 is 2.54 bits per heavy atom. The molecule has 0 fully saturated rings. The summed E-state index contributed by atoms with van der Waals surface area (Å²) in [5.74, 6) is 0.904. The van der Waals surface area contributed by atoms with Crippen LogP contribution in [0.4, 0.5) is 0 Å². The summed E-state index contributed by atoms with van der Waals surface area (Å²) in [6.07, 6.45) is 3.87. The van der Waals surface area contributed by atoms with Crippen molar-refractivity contribution >= 4 is 21.8 Å². The molecule has 0 saturated carbocycles. The van der Waals surface area contributed by atoms with Gasteiger partial charge in [0.2, 0.25) is 0 Å². The molecule has 0 amide bonds. The molecule has 26 heavy (non-hydrogen) atoms. The molecule has 5 aromatic rings. The number of hydrogen-bond acceptors (Lipinski definition) is 1. The van der Waals surface area contributed by atoms with Gasteiger partial charge in [-0.25, -0.2) is 0 Å². The van der Waals surface area contributed by atoms with Crippen molar-refractivity contribution in [1.29, 1.82) is 0 Å². The predicted octanol–water partition coefficient (Wildman–Crippen LogP) is 4.98. The number of nitrogens with zero attached hydrogens (tertiary/aromatic N) is 3. The van der Waals surface area contributed by atoms with Crippen LogP contribution in [0, 0.1) is 6.07 Å². The molecule has 1 radical (unpaired) electrons. The van der Waals surface area contributed by atoms with E-state index in [9.17, 15) is 0 Å². The van der Waals surface area contributed by atoms with Crippen LogP contribution in [0.3, 0.4) is 0 Å². The van der Waals surface area contributed by atoms with E-state index in [2.05, 4.69) is 69.7 Å². The van der Waals surface area contributed by atoms with E-state index in [-0.39, 0.29) is 20.1 Å². The SMILES string of the molecule is Cn1c2ccccc2c2c(-n3ccnc3-c3[c-]cccc3)cccc21.[Ir]. The van der Waals surface area contributed by atoms with Crippen LogP contribution in [-0.4, -0.2) is 14.1 Å². The number of aryl methyl sites for hydroxylation is 1. The van der Waals surface area contributed by atoms with Gasteiger partial charge >= 0.3 is 0 Å². The van der Waals surface area contributed by atoms with E-state index in [1.807, 2.05) is 36.7 Å². The summed E-state index contributed by atoms with van der Waals surface area (Å²) in [7, 11) is 2.12. The molecule has 4 heteroatoms. The summed E-state index contributed by atoms with van der Waals surface area (Å²) >= 11 is 0. The van der Waals surface area contributed by atoms with E-state index in [0.717, 1.165) is 17.1 Å². The Morgan fingerprint density at radius 2 is 1.69 bits per heavy atom. The fraction of sp³-hybridized carbons (Fsp3) is 0.0455. The quantitative estimate of drug-likeness (QED) is 0.305. The molecule has 129 valence electrons. The number of para-hydroxylation sites is 1. The van der Waals surface area contributed by atoms with Gasteiger partial charge in [-0.3, -0.25) is 4.98 Å². The summed E-state index contributed by atoms with van der Waals surface area (Å²) in [4.78, 5) is 4.58. The Balaban J connectivity index is 0.00000168. The molecule has 3 nitrogen and oxygen atoms in total. The largest absolute Gasteiger partial charge is 0.344 e. The monoisotopic (exact) mass is 515 g/mol. The van der Waals surface area contributed by atoms with Gasteiger partial charge in [0.05, 0.1) is 11.3 Å². The molecule has 0 atom stereocenters. The summed E-state index contributed by atoms with van der Waals surface area (Å²) in [6.45, 7) is 0. The first-order valence-corrected chi connectivity index (χ1v) is 8.31. The van der Waals surface area contributed by atoms with Crippen LogP contribution in [0.5, 0.6) is 0 Å². The average Bonchev–Trinajstić information content (AvgIpc) is 3.27. The third-order valence-electron chi connectivity index (χ3n) is 4.77. The number of hydrogen-bond donors (Lipinski definition) is 0. The first kappa shape index (κ1) is 16.8. The molecule has 2 heterocycles. The zero-order valence-electron chi connectivity index (χ0n) is 14.2. The van der Waals surface area contributed by atoms with Gasteiger partial charge in [-0.2, -0.15) is 0 Å². The van der Waals surface area contributed by atoms with Crippen molar-refractivity contribution in [3.63, 3.8) is 0 Å². The fourth-order valence-electron chi connectivity index (χ4n) is 3.62. The minimum Gasteiger partial charge on any atom is -0.344 e. The van der Waals surface area contributed by atoms with Crippen LogP contribution in [-0.2, 0) is 27.2 Å². The van der Waals surface area contributed by atoms with Crippen LogP contribution >= 0.6 is 0 Å². The van der Waals surface area contributed by atoms with Crippen molar-refractivity contribution in [1.82, 2.24) is 14.1 Å². The van der Waals surface area contributed by atoms with Crippen molar-refractivity contribution in [2.45, 2.75) is 0 Å². The Hall–Kier alpha value is -2.68. The average molecular weight is 515 g/mol. The molecule has 0 aliphatic rings. The van der Waals surface area contributed by atoms with E-state index in [1.165, 1.54) is 21.8 Å². The van der Waals surface area contributed by atoms with Crippen LogP contribution in [0.15, 0.2) is 79.1 Å². The van der Waals surface area contributed by atoms with E-state index in [0.29, 0.717) is 0 Å². The molecular formula is C22H16IrN3-. The molecule has 5 rings (SSSR count). The summed E-state index contributed by atoms with van der Waals surface area (Å²) in [5, 5.41) is 2.50. The molecule has 0 aliphatic heterocycles. The number of fused-ring (bicyclic) bond motifs is 3. The predicted molar refractivity (Wildman–Crippen MR) is 102 cm³/mol.